The molecule has 0 aliphatic carbocycles. The van der Waals surface area contributed by atoms with Gasteiger partial charge in [-0.3, -0.25) is 4.57 Å². The summed E-state index contributed by atoms with van der Waals surface area (Å²) in [6.07, 6.45) is 1.47. The minimum absolute atomic E-state index is 0.572. The minimum atomic E-state index is -5.49. The Bertz CT molecular complexity index is 787. The molecular weight excluding hydrogens is 328 g/mol. The summed E-state index contributed by atoms with van der Waals surface area (Å²) in [6.45, 7) is 1.78. The van der Waals surface area contributed by atoms with Crippen molar-refractivity contribution in [2.45, 2.75) is 18.6 Å². The molecule has 0 saturated carbocycles. The average Bonchev–Trinajstić information content (AvgIpc) is 2.36. The maximum Gasteiger partial charge on any atom is 0.263 e. The molecule has 3 N–H and O–H groups in total. The third-order valence-electron chi connectivity index (χ3n) is 3.54. The van der Waals surface area contributed by atoms with Gasteiger partial charge in [0.2, 0.25) is 12.9 Å². The van der Waals surface area contributed by atoms with Crippen LogP contribution in [0.1, 0.15) is 5.56 Å². The van der Waals surface area contributed by atoms with Crippen molar-refractivity contribution in [1.29, 1.82) is 0 Å². The zero-order valence-electron chi connectivity index (χ0n) is 12.1. The van der Waals surface area contributed by atoms with E-state index < -0.39 is 26.6 Å². The molecule has 22 heavy (non-hydrogen) atoms. The van der Waals surface area contributed by atoms with Gasteiger partial charge in [-0.05, 0) is 24.6 Å². The van der Waals surface area contributed by atoms with Gasteiger partial charge in [0.15, 0.2) is 20.3 Å². The highest BCUT2D eigenvalue weighted by Crippen LogP contribution is 2.65. The van der Waals surface area contributed by atoms with Crippen molar-refractivity contribution in [3.8, 4) is 0 Å². The lowest BCUT2D eigenvalue weighted by atomic mass is 10.1. The van der Waals surface area contributed by atoms with Crippen molar-refractivity contribution in [3.63, 3.8) is 0 Å². The van der Waals surface area contributed by atoms with E-state index in [0.717, 1.165) is 10.9 Å². The lowest BCUT2D eigenvalue weighted by molar-refractivity contribution is -0.678. The van der Waals surface area contributed by atoms with Crippen molar-refractivity contribution in [3.05, 3.63) is 42.1 Å². The van der Waals surface area contributed by atoms with E-state index in [0.29, 0.717) is 12.2 Å². The zero-order chi connectivity index (χ0) is 16.8. The quantitative estimate of drug-likeness (QED) is 0.549. The summed E-state index contributed by atoms with van der Waals surface area (Å²) in [5.41, 5.74) is 1.47. The summed E-state index contributed by atoms with van der Waals surface area (Å²) in [5.74, 6) is 0. The van der Waals surface area contributed by atoms with Crippen LogP contribution in [0.3, 0.4) is 0 Å². The number of hydrogen-bond acceptors (Lipinski definition) is 4. The molecule has 3 atom stereocenters. The molecule has 1 aromatic heterocycles. The van der Waals surface area contributed by atoms with Crippen molar-refractivity contribution in [1.82, 2.24) is 0 Å². The Morgan fingerprint density at radius 1 is 1.27 bits per heavy atom. The lowest BCUT2D eigenvalue weighted by Crippen LogP contribution is -2.49. The smallest absolute Gasteiger partial charge is 0.263 e. The number of rotatable bonds is 4. The second-order valence-electron chi connectivity index (χ2n) is 5.37. The largest absolute Gasteiger partial charge is 0.776 e. The van der Waals surface area contributed by atoms with Crippen LogP contribution in [0.5, 0.6) is 0 Å². The molecular formula is C13H17NO6P2. The number of hydrogen-bond donors (Lipinski definition) is 3. The molecule has 0 spiro atoms. The fourth-order valence-electron chi connectivity index (χ4n) is 2.20. The van der Waals surface area contributed by atoms with Gasteiger partial charge >= 0.3 is 0 Å². The highest BCUT2D eigenvalue weighted by molar-refractivity contribution is 7.74. The van der Waals surface area contributed by atoms with E-state index in [9.17, 15) is 28.9 Å². The Labute approximate surface area is 127 Å². The topological polar surface area (TPSA) is 122 Å². The molecule has 2 aromatic rings. The van der Waals surface area contributed by atoms with E-state index in [4.69, 9.17) is 0 Å². The Kier molecular flexibility index (Phi) is 4.35. The summed E-state index contributed by atoms with van der Waals surface area (Å²) in [6, 6.07) is 8.81. The first kappa shape index (κ1) is 17.3. The summed E-state index contributed by atoms with van der Waals surface area (Å²) >= 11 is 0. The van der Waals surface area contributed by atoms with Gasteiger partial charge in [-0.15, -0.1) is 0 Å². The Balaban J connectivity index is 2.65. The van der Waals surface area contributed by atoms with Gasteiger partial charge in [-0.25, -0.2) is 0 Å². The van der Waals surface area contributed by atoms with Crippen molar-refractivity contribution >= 4 is 25.9 Å². The molecule has 3 unspecified atom stereocenters. The van der Waals surface area contributed by atoms with Crippen LogP contribution in [-0.2, 0) is 15.7 Å². The molecule has 120 valence electrons. The maximum atomic E-state index is 11.9. The summed E-state index contributed by atoms with van der Waals surface area (Å²) in [4.78, 5) is 30.4. The second kappa shape index (κ2) is 5.53. The molecule has 0 bridgehead atoms. The van der Waals surface area contributed by atoms with Gasteiger partial charge in [0.05, 0.1) is 0 Å². The predicted octanol–water partition coefficient (Wildman–Crippen LogP) is 0.528. The van der Waals surface area contributed by atoms with Gasteiger partial charge in [-0.1, -0.05) is 6.07 Å². The van der Waals surface area contributed by atoms with Crippen molar-refractivity contribution in [2.75, 3.05) is 6.66 Å². The van der Waals surface area contributed by atoms with Crippen LogP contribution in [-0.4, -0.2) is 26.6 Å². The van der Waals surface area contributed by atoms with E-state index in [2.05, 4.69) is 0 Å². The molecule has 1 heterocycles. The van der Waals surface area contributed by atoms with Crippen molar-refractivity contribution in [2.24, 2.45) is 0 Å². The number of benzene rings is 1. The Morgan fingerprint density at radius 3 is 2.45 bits per heavy atom. The Morgan fingerprint density at radius 2 is 1.91 bits per heavy atom. The van der Waals surface area contributed by atoms with E-state index in [1.807, 2.05) is 13.0 Å². The zero-order valence-corrected chi connectivity index (χ0v) is 13.9. The maximum absolute atomic E-state index is 11.9. The van der Waals surface area contributed by atoms with Gasteiger partial charge in [0.1, 0.15) is 0 Å². The third kappa shape index (κ3) is 3.01. The first-order chi connectivity index (χ1) is 9.96. The molecule has 2 rings (SSSR count). The van der Waals surface area contributed by atoms with E-state index in [1.54, 1.807) is 24.3 Å². The molecule has 0 aliphatic heterocycles. The van der Waals surface area contributed by atoms with Crippen LogP contribution in [0.15, 0.2) is 36.5 Å². The van der Waals surface area contributed by atoms with E-state index in [-0.39, 0.29) is 0 Å². The van der Waals surface area contributed by atoms with Gasteiger partial charge in [0.25, 0.3) is 5.08 Å². The van der Waals surface area contributed by atoms with Crippen LogP contribution < -0.4 is 9.46 Å². The van der Waals surface area contributed by atoms with Crippen molar-refractivity contribution < 1.29 is 33.5 Å². The molecule has 0 amide bonds. The Hall–Kier alpha value is -1.07. The van der Waals surface area contributed by atoms with Crippen LogP contribution in [0.4, 0.5) is 0 Å². The summed E-state index contributed by atoms with van der Waals surface area (Å²) < 4.78 is 24.7. The first-order valence-corrected chi connectivity index (χ1v) is 10.1. The number of pyridine rings is 1. The van der Waals surface area contributed by atoms with Crippen LogP contribution in [0, 0.1) is 6.92 Å². The third-order valence-corrected chi connectivity index (χ3v) is 7.93. The fraction of sp³-hybridized carbons (Fsp3) is 0.308. The number of nitrogens with zero attached hydrogens (tertiary/aromatic N) is 1. The van der Waals surface area contributed by atoms with Crippen LogP contribution in [0.2, 0.25) is 0 Å². The molecule has 9 heteroatoms. The average molecular weight is 345 g/mol. The highest BCUT2D eigenvalue weighted by Gasteiger charge is 2.54. The standard InChI is InChI=1S/C13H17NO6P2/c1-10-5-6-11-4-3-7-14(12(11)8-10)9-13(15,21(2,16)17)22(18,19)20/h3-8,15H,9H2,1-2H3,(H2-,16,17,18,19,20). The SMILES string of the molecule is Cc1ccc2ccc[n+](CC(O)(P(C)(=O)O)P(=O)([O-])O)c2c1. The van der Waals surface area contributed by atoms with Gasteiger partial charge < -0.3 is 24.4 Å². The number of aliphatic hydroxyl groups is 1. The minimum Gasteiger partial charge on any atom is -0.776 e. The molecule has 0 saturated heterocycles. The molecule has 7 nitrogen and oxygen atoms in total. The molecule has 1 aromatic carbocycles. The van der Waals surface area contributed by atoms with Crippen LogP contribution in [0.25, 0.3) is 10.9 Å². The molecule has 0 aliphatic rings. The normalized spacial score (nSPS) is 20.1. The van der Waals surface area contributed by atoms with Gasteiger partial charge in [-0.2, -0.15) is 4.57 Å². The first-order valence-electron chi connectivity index (χ1n) is 6.41. The number of aromatic nitrogens is 1. The van der Waals surface area contributed by atoms with Gasteiger partial charge in [0, 0.05) is 24.2 Å². The second-order valence-corrected chi connectivity index (χ2v) is 10.0. The number of fused-ring (bicyclic) bond motifs is 1. The van der Waals surface area contributed by atoms with E-state index >= 15 is 0 Å². The van der Waals surface area contributed by atoms with E-state index in [1.165, 1.54) is 10.8 Å². The fourth-order valence-corrected chi connectivity index (χ4v) is 4.82. The highest BCUT2D eigenvalue weighted by atomic mass is 31.2. The summed E-state index contributed by atoms with van der Waals surface area (Å²) in [5, 5.41) is 7.82. The monoisotopic (exact) mass is 345 g/mol. The predicted molar refractivity (Wildman–Crippen MR) is 79.4 cm³/mol. The van der Waals surface area contributed by atoms with Crippen LogP contribution >= 0.6 is 15.0 Å². The summed E-state index contributed by atoms with van der Waals surface area (Å²) in [7, 11) is -10.0. The molecule has 0 fully saturated rings. The lowest BCUT2D eigenvalue weighted by Gasteiger charge is -2.35. The number of aryl methyl sites for hydroxylation is 1. The molecule has 0 radical (unpaired) electrons.